The number of carbonyl (C=O) groups excluding carboxylic acids is 1. The lowest BCUT2D eigenvalue weighted by Crippen LogP contribution is -2.24. The zero-order valence-corrected chi connectivity index (χ0v) is 12.1. The summed E-state index contributed by atoms with van der Waals surface area (Å²) < 4.78 is 5.44. The minimum absolute atomic E-state index is 0.242. The molecule has 1 aliphatic rings. The molecule has 2 atom stereocenters. The van der Waals surface area contributed by atoms with Gasteiger partial charge in [0, 0.05) is 24.3 Å². The number of carbonyl (C=O) groups is 1. The number of ether oxygens (including phenoxy) is 1. The Bertz CT molecular complexity index is 437. The van der Waals surface area contributed by atoms with Gasteiger partial charge in [-0.3, -0.25) is 4.79 Å². The molecule has 110 valence electrons. The van der Waals surface area contributed by atoms with Gasteiger partial charge in [-0.1, -0.05) is 0 Å². The van der Waals surface area contributed by atoms with E-state index in [-0.39, 0.29) is 12.3 Å². The predicted molar refractivity (Wildman–Crippen MR) is 79.9 cm³/mol. The number of nitrogens with zero attached hydrogens (tertiary/aromatic N) is 1. The fraction of sp³-hybridized carbons (Fsp3) is 0.533. The van der Waals surface area contributed by atoms with E-state index in [9.17, 15) is 4.79 Å². The molecule has 1 aliphatic heterocycles. The van der Waals surface area contributed by atoms with Gasteiger partial charge in [-0.05, 0) is 44.7 Å². The molecule has 5 nitrogen and oxygen atoms in total. The highest BCUT2D eigenvalue weighted by molar-refractivity contribution is 5.73. The summed E-state index contributed by atoms with van der Waals surface area (Å²) in [6.07, 6.45) is 1.40. The Morgan fingerprint density at radius 3 is 2.70 bits per heavy atom. The number of anilines is 1. The molecule has 1 aromatic carbocycles. The van der Waals surface area contributed by atoms with Gasteiger partial charge in [-0.2, -0.15) is 0 Å². The molecule has 1 heterocycles. The van der Waals surface area contributed by atoms with E-state index in [2.05, 4.69) is 24.2 Å². The summed E-state index contributed by atoms with van der Waals surface area (Å²) >= 11 is 0. The SMILES string of the molecule is CC1CC(Nc2ccc(OCCC(N)=O)cc2)CN1C. The molecule has 0 bridgehead atoms. The van der Waals surface area contributed by atoms with Gasteiger partial charge in [0.15, 0.2) is 0 Å². The van der Waals surface area contributed by atoms with Crippen LogP contribution < -0.4 is 15.8 Å². The zero-order valence-electron chi connectivity index (χ0n) is 12.1. The van der Waals surface area contributed by atoms with Crippen LogP contribution in [-0.2, 0) is 4.79 Å². The van der Waals surface area contributed by atoms with Crippen molar-refractivity contribution < 1.29 is 9.53 Å². The van der Waals surface area contributed by atoms with Crippen LogP contribution in [0.5, 0.6) is 5.75 Å². The second-order valence-corrected chi connectivity index (χ2v) is 5.45. The molecular formula is C15H23N3O2. The number of likely N-dealkylation sites (N-methyl/N-ethyl adjacent to an activating group) is 1. The molecule has 5 heteroatoms. The second-order valence-electron chi connectivity index (χ2n) is 5.45. The van der Waals surface area contributed by atoms with Crippen molar-refractivity contribution in [2.75, 3.05) is 25.5 Å². The van der Waals surface area contributed by atoms with E-state index in [4.69, 9.17) is 10.5 Å². The number of likely N-dealkylation sites (tertiary alicyclic amines) is 1. The zero-order chi connectivity index (χ0) is 14.5. The standard InChI is InChI=1S/C15H23N3O2/c1-11-9-13(10-18(11)2)17-12-3-5-14(6-4-12)20-8-7-15(16)19/h3-6,11,13,17H,7-10H2,1-2H3,(H2,16,19). The monoisotopic (exact) mass is 277 g/mol. The van der Waals surface area contributed by atoms with Gasteiger partial charge >= 0.3 is 0 Å². The molecule has 20 heavy (non-hydrogen) atoms. The van der Waals surface area contributed by atoms with E-state index in [1.165, 1.54) is 0 Å². The summed E-state index contributed by atoms with van der Waals surface area (Å²) in [6, 6.07) is 8.95. The van der Waals surface area contributed by atoms with Crippen LogP contribution in [-0.4, -0.2) is 43.1 Å². The van der Waals surface area contributed by atoms with Crippen molar-refractivity contribution in [2.45, 2.75) is 31.8 Å². The smallest absolute Gasteiger partial charge is 0.220 e. The number of rotatable bonds is 6. The van der Waals surface area contributed by atoms with Crippen molar-refractivity contribution in [3.63, 3.8) is 0 Å². The molecule has 1 fully saturated rings. The Morgan fingerprint density at radius 1 is 1.45 bits per heavy atom. The average molecular weight is 277 g/mol. The van der Waals surface area contributed by atoms with E-state index in [1.807, 2.05) is 24.3 Å². The van der Waals surface area contributed by atoms with Crippen LogP contribution in [0.3, 0.4) is 0 Å². The number of benzene rings is 1. The Balaban J connectivity index is 1.81. The molecule has 2 unspecified atom stereocenters. The summed E-state index contributed by atoms with van der Waals surface area (Å²) in [5.74, 6) is 0.413. The first-order valence-corrected chi connectivity index (χ1v) is 7.02. The largest absolute Gasteiger partial charge is 0.493 e. The van der Waals surface area contributed by atoms with Gasteiger partial charge in [0.05, 0.1) is 13.0 Å². The van der Waals surface area contributed by atoms with Crippen LogP contribution in [0.2, 0.25) is 0 Å². The second kappa shape index (κ2) is 6.61. The molecule has 1 saturated heterocycles. The maximum Gasteiger partial charge on any atom is 0.220 e. The maximum atomic E-state index is 10.6. The maximum absolute atomic E-state index is 10.6. The first kappa shape index (κ1) is 14.7. The summed E-state index contributed by atoms with van der Waals surface area (Å²) in [5, 5.41) is 3.53. The number of amides is 1. The van der Waals surface area contributed by atoms with Crippen LogP contribution in [0.4, 0.5) is 5.69 Å². The third-order valence-electron chi connectivity index (χ3n) is 3.73. The van der Waals surface area contributed by atoms with Gasteiger partial charge < -0.3 is 20.7 Å². The van der Waals surface area contributed by atoms with Gasteiger partial charge in [-0.25, -0.2) is 0 Å². The third kappa shape index (κ3) is 4.13. The lowest BCUT2D eigenvalue weighted by Gasteiger charge is -2.14. The summed E-state index contributed by atoms with van der Waals surface area (Å²) in [5.41, 5.74) is 6.16. The highest BCUT2D eigenvalue weighted by Gasteiger charge is 2.25. The van der Waals surface area contributed by atoms with Crippen LogP contribution in [0.1, 0.15) is 19.8 Å². The molecular weight excluding hydrogens is 254 g/mol. The minimum Gasteiger partial charge on any atom is -0.493 e. The van der Waals surface area contributed by atoms with Crippen molar-refractivity contribution >= 4 is 11.6 Å². The van der Waals surface area contributed by atoms with Gasteiger partial charge in [0.1, 0.15) is 5.75 Å². The van der Waals surface area contributed by atoms with Crippen molar-refractivity contribution in [3.05, 3.63) is 24.3 Å². The molecule has 0 spiro atoms. The number of hydrogen-bond acceptors (Lipinski definition) is 4. The van der Waals surface area contributed by atoms with Gasteiger partial charge in [0.2, 0.25) is 5.91 Å². The highest BCUT2D eigenvalue weighted by Crippen LogP contribution is 2.21. The van der Waals surface area contributed by atoms with E-state index in [1.54, 1.807) is 0 Å². The molecule has 1 amide bonds. The van der Waals surface area contributed by atoms with Crippen LogP contribution >= 0.6 is 0 Å². The summed E-state index contributed by atoms with van der Waals surface area (Å²) in [7, 11) is 2.15. The topological polar surface area (TPSA) is 67.6 Å². The lowest BCUT2D eigenvalue weighted by atomic mass is 10.2. The minimum atomic E-state index is -0.345. The molecule has 2 rings (SSSR count). The fourth-order valence-corrected chi connectivity index (χ4v) is 2.45. The summed E-state index contributed by atoms with van der Waals surface area (Å²) in [6.45, 7) is 3.64. The number of nitrogens with two attached hydrogens (primary N) is 1. The van der Waals surface area contributed by atoms with Gasteiger partial charge in [0.25, 0.3) is 0 Å². The molecule has 1 aromatic rings. The van der Waals surface area contributed by atoms with Crippen LogP contribution in [0.15, 0.2) is 24.3 Å². The summed E-state index contributed by atoms with van der Waals surface area (Å²) in [4.78, 5) is 13.0. The number of hydrogen-bond donors (Lipinski definition) is 2. The molecule has 0 aliphatic carbocycles. The number of primary amides is 1. The van der Waals surface area contributed by atoms with Gasteiger partial charge in [-0.15, -0.1) is 0 Å². The Kier molecular flexibility index (Phi) is 4.84. The molecule has 0 aromatic heterocycles. The first-order chi connectivity index (χ1) is 9.54. The Morgan fingerprint density at radius 2 is 2.15 bits per heavy atom. The molecule has 0 saturated carbocycles. The lowest BCUT2D eigenvalue weighted by molar-refractivity contribution is -0.118. The first-order valence-electron chi connectivity index (χ1n) is 7.02. The van der Waals surface area contributed by atoms with E-state index in [0.29, 0.717) is 18.7 Å². The van der Waals surface area contributed by atoms with E-state index < -0.39 is 0 Å². The fourth-order valence-electron chi connectivity index (χ4n) is 2.45. The van der Waals surface area contributed by atoms with E-state index >= 15 is 0 Å². The quantitative estimate of drug-likeness (QED) is 0.826. The normalized spacial score (nSPS) is 22.7. The van der Waals surface area contributed by atoms with E-state index in [0.717, 1.165) is 24.4 Å². The molecule has 3 N–H and O–H groups in total. The average Bonchev–Trinajstić information content (AvgIpc) is 2.70. The third-order valence-corrected chi connectivity index (χ3v) is 3.73. The number of nitrogens with one attached hydrogen (secondary N) is 1. The van der Waals surface area contributed by atoms with Crippen molar-refractivity contribution in [3.8, 4) is 5.75 Å². The van der Waals surface area contributed by atoms with Crippen molar-refractivity contribution in [2.24, 2.45) is 5.73 Å². The molecule has 0 radical (unpaired) electrons. The van der Waals surface area contributed by atoms with Crippen LogP contribution in [0, 0.1) is 0 Å². The van der Waals surface area contributed by atoms with Crippen molar-refractivity contribution in [1.29, 1.82) is 0 Å². The highest BCUT2D eigenvalue weighted by atomic mass is 16.5. The Hall–Kier alpha value is -1.75. The predicted octanol–water partition coefficient (Wildman–Crippen LogP) is 1.45. The van der Waals surface area contributed by atoms with Crippen molar-refractivity contribution in [1.82, 2.24) is 4.90 Å². The van der Waals surface area contributed by atoms with Crippen LogP contribution in [0.25, 0.3) is 0 Å². The Labute approximate surface area is 120 Å².